The fraction of sp³-hybridized carbons (Fsp3) is 0.269. The van der Waals surface area contributed by atoms with E-state index in [1.165, 1.54) is 11.3 Å². The summed E-state index contributed by atoms with van der Waals surface area (Å²) in [5.74, 6) is -1.34. The molecule has 3 aromatic rings. The molecule has 2 heterocycles. The largest absolute Gasteiger partial charge is 0.503 e. The first kappa shape index (κ1) is 22.9. The first-order chi connectivity index (χ1) is 15.8. The highest BCUT2D eigenvalue weighted by Gasteiger charge is 2.44. The number of aliphatic hydroxyl groups excluding tert-OH is 1. The molecule has 1 aromatic heterocycles. The molecule has 0 spiro atoms. The van der Waals surface area contributed by atoms with E-state index in [2.05, 4.69) is 4.98 Å². The van der Waals surface area contributed by atoms with Gasteiger partial charge in [-0.2, -0.15) is 0 Å². The molecule has 1 N–H and O–H groups in total. The molecular weight excluding hydrogens is 434 g/mol. The molecule has 0 bridgehead atoms. The molecule has 7 heteroatoms. The van der Waals surface area contributed by atoms with Crippen molar-refractivity contribution < 1.29 is 14.7 Å². The normalized spacial score (nSPS) is 16.2. The van der Waals surface area contributed by atoms with Gasteiger partial charge < -0.3 is 14.9 Å². The summed E-state index contributed by atoms with van der Waals surface area (Å²) in [5, 5.41) is 11.6. The molecule has 4 rings (SSSR count). The number of thiazole rings is 1. The van der Waals surface area contributed by atoms with Gasteiger partial charge in [-0.25, -0.2) is 4.98 Å². The fourth-order valence-electron chi connectivity index (χ4n) is 3.95. The van der Waals surface area contributed by atoms with Crippen molar-refractivity contribution in [3.63, 3.8) is 0 Å². The van der Waals surface area contributed by atoms with E-state index in [9.17, 15) is 14.7 Å². The molecule has 170 valence electrons. The average molecular weight is 462 g/mol. The Morgan fingerprint density at radius 3 is 2.39 bits per heavy atom. The molecule has 1 atom stereocenters. The number of hydrogen-bond donors (Lipinski definition) is 1. The third kappa shape index (κ3) is 4.47. The SMILES string of the molecule is Cc1ccc(C2C(C(=O)c3sc(-c4ccccc4)nc3C)=C(O)C(=O)N2CCN(C)C)cc1. The van der Waals surface area contributed by atoms with Crippen LogP contribution in [0.5, 0.6) is 0 Å². The van der Waals surface area contributed by atoms with Gasteiger partial charge in [0.15, 0.2) is 5.76 Å². The van der Waals surface area contributed by atoms with Crippen LogP contribution in [0.4, 0.5) is 0 Å². The number of aryl methyl sites for hydroxylation is 2. The van der Waals surface area contributed by atoms with E-state index < -0.39 is 17.7 Å². The highest BCUT2D eigenvalue weighted by Crippen LogP contribution is 2.40. The molecule has 1 aliphatic rings. The van der Waals surface area contributed by atoms with E-state index in [0.29, 0.717) is 23.7 Å². The van der Waals surface area contributed by atoms with Gasteiger partial charge in [0.05, 0.1) is 22.2 Å². The highest BCUT2D eigenvalue weighted by molar-refractivity contribution is 7.17. The Kier molecular flexibility index (Phi) is 6.44. The Morgan fingerprint density at radius 1 is 1.09 bits per heavy atom. The zero-order valence-corrected chi connectivity index (χ0v) is 20.0. The van der Waals surface area contributed by atoms with Crippen LogP contribution in [0.25, 0.3) is 10.6 Å². The summed E-state index contributed by atoms with van der Waals surface area (Å²) >= 11 is 1.29. The summed E-state index contributed by atoms with van der Waals surface area (Å²) in [6, 6.07) is 16.7. The second-order valence-corrected chi connectivity index (χ2v) is 9.51. The Hall–Kier alpha value is -3.29. The monoisotopic (exact) mass is 461 g/mol. The van der Waals surface area contributed by atoms with Gasteiger partial charge in [-0.05, 0) is 33.5 Å². The number of ketones is 1. The van der Waals surface area contributed by atoms with Gasteiger partial charge in [-0.15, -0.1) is 11.3 Å². The number of likely N-dealkylation sites (N-methyl/N-ethyl adjacent to an activating group) is 1. The number of nitrogens with zero attached hydrogens (tertiary/aromatic N) is 3. The molecule has 0 aliphatic carbocycles. The maximum atomic E-state index is 13.8. The van der Waals surface area contributed by atoms with Crippen molar-refractivity contribution in [2.45, 2.75) is 19.9 Å². The van der Waals surface area contributed by atoms with Gasteiger partial charge in [0.1, 0.15) is 5.01 Å². The molecule has 0 radical (unpaired) electrons. The van der Waals surface area contributed by atoms with Gasteiger partial charge >= 0.3 is 0 Å². The second-order valence-electron chi connectivity index (χ2n) is 8.51. The van der Waals surface area contributed by atoms with Crippen LogP contribution in [0.2, 0.25) is 0 Å². The van der Waals surface area contributed by atoms with Gasteiger partial charge in [-0.1, -0.05) is 60.2 Å². The molecule has 6 nitrogen and oxygen atoms in total. The molecule has 0 fully saturated rings. The standard InChI is InChI=1S/C26H27N3O3S/c1-16-10-12-18(13-11-16)21-20(23(31)26(32)29(21)15-14-28(3)4)22(30)24-17(2)27-25(33-24)19-8-6-5-7-9-19/h5-13,21,31H,14-15H2,1-4H3. The summed E-state index contributed by atoms with van der Waals surface area (Å²) in [5.41, 5.74) is 3.51. The van der Waals surface area contributed by atoms with E-state index >= 15 is 0 Å². The molecule has 1 unspecified atom stereocenters. The lowest BCUT2D eigenvalue weighted by molar-refractivity contribution is -0.129. The van der Waals surface area contributed by atoms with E-state index in [4.69, 9.17) is 0 Å². The molecule has 1 aliphatic heterocycles. The number of carbonyl (C=O) groups is 2. The predicted molar refractivity (Wildman–Crippen MR) is 130 cm³/mol. The van der Waals surface area contributed by atoms with E-state index in [1.807, 2.05) is 80.5 Å². The summed E-state index contributed by atoms with van der Waals surface area (Å²) < 4.78 is 0. The summed E-state index contributed by atoms with van der Waals surface area (Å²) in [4.78, 5) is 35.4. The Bertz CT molecular complexity index is 1210. The van der Waals surface area contributed by atoms with Crippen molar-refractivity contribution >= 4 is 23.0 Å². The minimum Gasteiger partial charge on any atom is -0.503 e. The predicted octanol–water partition coefficient (Wildman–Crippen LogP) is 4.57. The number of amides is 1. The quantitative estimate of drug-likeness (QED) is 0.522. The number of hydrogen-bond acceptors (Lipinski definition) is 6. The number of rotatable bonds is 7. The van der Waals surface area contributed by atoms with Gasteiger partial charge in [0.25, 0.3) is 5.91 Å². The average Bonchev–Trinajstić information content (AvgIpc) is 3.31. The first-order valence-corrected chi connectivity index (χ1v) is 11.6. The third-order valence-electron chi connectivity index (χ3n) is 5.75. The van der Waals surface area contributed by atoms with Crippen molar-refractivity contribution in [1.29, 1.82) is 0 Å². The number of aliphatic hydroxyl groups is 1. The molecule has 1 amide bonds. The van der Waals surface area contributed by atoms with E-state index in [-0.39, 0.29) is 11.4 Å². The van der Waals surface area contributed by atoms with E-state index in [0.717, 1.165) is 21.7 Å². The zero-order chi connectivity index (χ0) is 23.7. The van der Waals surface area contributed by atoms with Crippen molar-refractivity contribution in [3.8, 4) is 10.6 Å². The smallest absolute Gasteiger partial charge is 0.290 e. The maximum Gasteiger partial charge on any atom is 0.290 e. The van der Waals surface area contributed by atoms with E-state index in [1.54, 1.807) is 11.8 Å². The van der Waals surface area contributed by atoms with Gasteiger partial charge in [0, 0.05) is 18.7 Å². The topological polar surface area (TPSA) is 73.7 Å². The molecule has 0 saturated heterocycles. The van der Waals surface area contributed by atoms with Crippen molar-refractivity contribution in [2.75, 3.05) is 27.2 Å². The van der Waals surface area contributed by atoms with Crippen LogP contribution in [0.1, 0.15) is 32.5 Å². The van der Waals surface area contributed by atoms with Crippen LogP contribution >= 0.6 is 11.3 Å². The van der Waals surface area contributed by atoms with Gasteiger partial charge in [-0.3, -0.25) is 9.59 Å². The lowest BCUT2D eigenvalue weighted by Crippen LogP contribution is -2.36. The summed E-state index contributed by atoms with van der Waals surface area (Å²) in [6.07, 6.45) is 0. The molecule has 0 saturated carbocycles. The maximum absolute atomic E-state index is 13.8. The number of aromatic nitrogens is 1. The zero-order valence-electron chi connectivity index (χ0n) is 19.2. The van der Waals surface area contributed by atoms with Crippen molar-refractivity contribution in [2.24, 2.45) is 0 Å². The Labute approximate surface area is 197 Å². The summed E-state index contributed by atoms with van der Waals surface area (Å²) in [6.45, 7) is 4.77. The number of Topliss-reactive ketones (excluding diaryl/α,β-unsaturated/α-hetero) is 1. The Morgan fingerprint density at radius 2 is 1.76 bits per heavy atom. The lowest BCUT2D eigenvalue weighted by atomic mass is 9.94. The fourth-order valence-corrected chi connectivity index (χ4v) is 4.98. The van der Waals surface area contributed by atoms with Crippen LogP contribution in [-0.4, -0.2) is 58.8 Å². The van der Waals surface area contributed by atoms with Crippen LogP contribution in [0, 0.1) is 13.8 Å². The van der Waals surface area contributed by atoms with Crippen LogP contribution in [0.3, 0.4) is 0 Å². The molecule has 33 heavy (non-hydrogen) atoms. The van der Waals surface area contributed by atoms with Crippen LogP contribution in [-0.2, 0) is 4.79 Å². The van der Waals surface area contributed by atoms with Gasteiger partial charge in [0.2, 0.25) is 5.78 Å². The van der Waals surface area contributed by atoms with Crippen molar-refractivity contribution in [1.82, 2.24) is 14.8 Å². The minimum atomic E-state index is -0.646. The number of carbonyl (C=O) groups excluding carboxylic acids is 2. The van der Waals surface area contributed by atoms with Crippen LogP contribution in [0.15, 0.2) is 65.9 Å². The lowest BCUT2D eigenvalue weighted by Gasteiger charge is -2.28. The minimum absolute atomic E-state index is 0.119. The highest BCUT2D eigenvalue weighted by atomic mass is 32.1. The first-order valence-electron chi connectivity index (χ1n) is 10.8. The number of benzene rings is 2. The Balaban J connectivity index is 1.77. The summed E-state index contributed by atoms with van der Waals surface area (Å²) in [7, 11) is 3.85. The second kappa shape index (κ2) is 9.29. The van der Waals surface area contributed by atoms with Crippen LogP contribution < -0.4 is 0 Å². The van der Waals surface area contributed by atoms with Crippen molar-refractivity contribution in [3.05, 3.63) is 87.6 Å². The molecular formula is C26H27N3O3S. The molecule has 2 aromatic carbocycles. The third-order valence-corrected chi connectivity index (χ3v) is 6.96.